The van der Waals surface area contributed by atoms with Crippen molar-refractivity contribution in [1.29, 1.82) is 0 Å². The van der Waals surface area contributed by atoms with Crippen LogP contribution >= 0.6 is 11.6 Å². The maximum absolute atomic E-state index is 12.4. The van der Waals surface area contributed by atoms with Gasteiger partial charge in [0.15, 0.2) is 5.65 Å². The Labute approximate surface area is 169 Å². The first-order valence-corrected chi connectivity index (χ1v) is 10.3. The summed E-state index contributed by atoms with van der Waals surface area (Å²) in [5, 5.41) is 10.8. The number of H-pyrrole nitrogens is 1. The van der Waals surface area contributed by atoms with Crippen molar-refractivity contribution in [3.05, 3.63) is 68.7 Å². The lowest BCUT2D eigenvalue weighted by Crippen LogP contribution is -2.41. The summed E-state index contributed by atoms with van der Waals surface area (Å²) in [4.78, 5) is 17.2. The highest BCUT2D eigenvalue weighted by molar-refractivity contribution is 6.30. The van der Waals surface area contributed by atoms with Crippen LogP contribution in [0.15, 0.2) is 41.3 Å². The van der Waals surface area contributed by atoms with E-state index in [0.29, 0.717) is 24.7 Å². The van der Waals surface area contributed by atoms with E-state index in [4.69, 9.17) is 16.6 Å². The molecule has 3 N–H and O–H groups in total. The SMILES string of the molecule is O=c1cc(CCc2cccc(Cl)c2)nc2c(CNCC3CCCCN3)c[nH]n12. The predicted octanol–water partition coefficient (Wildman–Crippen LogP) is 2.69. The second-order valence-corrected chi connectivity index (χ2v) is 7.89. The predicted molar refractivity (Wildman–Crippen MR) is 112 cm³/mol. The highest BCUT2D eigenvalue weighted by Crippen LogP contribution is 2.13. The Hall–Kier alpha value is -2.15. The monoisotopic (exact) mass is 399 g/mol. The fourth-order valence-electron chi connectivity index (χ4n) is 3.78. The number of fused-ring (bicyclic) bond motifs is 1. The summed E-state index contributed by atoms with van der Waals surface area (Å²) >= 11 is 6.06. The Kier molecular flexibility index (Phi) is 6.10. The average Bonchev–Trinajstić information content (AvgIpc) is 3.11. The molecule has 7 heteroatoms. The molecule has 1 saturated heterocycles. The van der Waals surface area contributed by atoms with Crippen molar-refractivity contribution in [3.8, 4) is 0 Å². The molecule has 0 spiro atoms. The summed E-state index contributed by atoms with van der Waals surface area (Å²) in [6.45, 7) is 2.72. The molecule has 1 aromatic carbocycles. The molecule has 28 heavy (non-hydrogen) atoms. The summed E-state index contributed by atoms with van der Waals surface area (Å²) in [6.07, 6.45) is 7.14. The van der Waals surface area contributed by atoms with Gasteiger partial charge in [-0.15, -0.1) is 0 Å². The molecule has 148 valence electrons. The molecule has 1 aliphatic heterocycles. The first kappa shape index (κ1) is 19.2. The minimum absolute atomic E-state index is 0.0775. The molecule has 0 bridgehead atoms. The van der Waals surface area contributed by atoms with Gasteiger partial charge in [0.2, 0.25) is 0 Å². The highest BCUT2D eigenvalue weighted by atomic mass is 35.5. The largest absolute Gasteiger partial charge is 0.313 e. The lowest BCUT2D eigenvalue weighted by Gasteiger charge is -2.23. The van der Waals surface area contributed by atoms with Gasteiger partial charge in [-0.3, -0.25) is 9.89 Å². The van der Waals surface area contributed by atoms with Crippen LogP contribution in [0.25, 0.3) is 5.65 Å². The van der Waals surface area contributed by atoms with Crippen molar-refractivity contribution in [3.63, 3.8) is 0 Å². The first-order valence-electron chi connectivity index (χ1n) is 9.96. The number of aromatic amines is 1. The van der Waals surface area contributed by atoms with Crippen LogP contribution in [0.4, 0.5) is 0 Å². The second kappa shape index (κ2) is 8.90. The number of hydrogen-bond acceptors (Lipinski definition) is 4. The Bertz CT molecular complexity index is 990. The lowest BCUT2D eigenvalue weighted by atomic mass is 10.1. The lowest BCUT2D eigenvalue weighted by molar-refractivity contribution is 0.383. The Morgan fingerprint density at radius 1 is 1.25 bits per heavy atom. The molecule has 2 aromatic heterocycles. The quantitative estimate of drug-likeness (QED) is 0.571. The van der Waals surface area contributed by atoms with Gasteiger partial charge >= 0.3 is 0 Å². The maximum atomic E-state index is 12.4. The van der Waals surface area contributed by atoms with Crippen LogP contribution in [0.1, 0.15) is 36.1 Å². The summed E-state index contributed by atoms with van der Waals surface area (Å²) in [7, 11) is 0. The molecular formula is C21H26ClN5O. The van der Waals surface area contributed by atoms with E-state index in [9.17, 15) is 4.79 Å². The summed E-state index contributed by atoms with van der Waals surface area (Å²) in [5.74, 6) is 0. The molecule has 0 amide bonds. The smallest absolute Gasteiger partial charge is 0.272 e. The number of aromatic nitrogens is 3. The zero-order chi connectivity index (χ0) is 19.3. The molecule has 6 nitrogen and oxygen atoms in total. The minimum Gasteiger partial charge on any atom is -0.313 e. The number of nitrogens with zero attached hydrogens (tertiary/aromatic N) is 2. The number of piperidine rings is 1. The van der Waals surface area contributed by atoms with E-state index in [1.807, 2.05) is 30.5 Å². The van der Waals surface area contributed by atoms with Gasteiger partial charge in [-0.1, -0.05) is 30.2 Å². The third-order valence-corrected chi connectivity index (χ3v) is 5.54. The van der Waals surface area contributed by atoms with E-state index in [2.05, 4.69) is 15.7 Å². The number of aryl methyl sites for hydroxylation is 2. The van der Waals surface area contributed by atoms with E-state index < -0.39 is 0 Å². The topological polar surface area (TPSA) is 74.2 Å². The van der Waals surface area contributed by atoms with E-state index in [0.717, 1.165) is 41.4 Å². The van der Waals surface area contributed by atoms with Gasteiger partial charge in [0.1, 0.15) is 0 Å². The van der Waals surface area contributed by atoms with Gasteiger partial charge in [0.05, 0.1) is 0 Å². The average molecular weight is 400 g/mol. The van der Waals surface area contributed by atoms with E-state index in [1.165, 1.54) is 23.8 Å². The van der Waals surface area contributed by atoms with Gasteiger partial charge in [0.25, 0.3) is 5.56 Å². The highest BCUT2D eigenvalue weighted by Gasteiger charge is 2.13. The van der Waals surface area contributed by atoms with Gasteiger partial charge < -0.3 is 10.6 Å². The molecule has 3 aromatic rings. The first-order chi connectivity index (χ1) is 13.7. The second-order valence-electron chi connectivity index (χ2n) is 7.45. The van der Waals surface area contributed by atoms with E-state index >= 15 is 0 Å². The van der Waals surface area contributed by atoms with Crippen molar-refractivity contribution < 1.29 is 0 Å². The Balaban J connectivity index is 1.44. The van der Waals surface area contributed by atoms with Crippen molar-refractivity contribution in [2.45, 2.75) is 44.7 Å². The van der Waals surface area contributed by atoms with Crippen LogP contribution in [0.2, 0.25) is 5.02 Å². The molecule has 1 unspecified atom stereocenters. The van der Waals surface area contributed by atoms with Crippen LogP contribution in [0.5, 0.6) is 0 Å². The minimum atomic E-state index is -0.0775. The van der Waals surface area contributed by atoms with Crippen molar-refractivity contribution in [2.75, 3.05) is 13.1 Å². The van der Waals surface area contributed by atoms with E-state index in [-0.39, 0.29) is 5.56 Å². The zero-order valence-corrected chi connectivity index (χ0v) is 16.6. The van der Waals surface area contributed by atoms with Crippen LogP contribution in [0, 0.1) is 0 Å². The number of halogens is 1. The number of rotatable bonds is 7. The van der Waals surface area contributed by atoms with Gasteiger partial charge in [0, 0.05) is 47.7 Å². The molecule has 0 saturated carbocycles. The number of benzene rings is 1. The van der Waals surface area contributed by atoms with Crippen molar-refractivity contribution >= 4 is 17.2 Å². The molecule has 0 radical (unpaired) electrons. The molecule has 1 fully saturated rings. The van der Waals surface area contributed by atoms with Crippen molar-refractivity contribution in [2.24, 2.45) is 0 Å². The molecule has 4 rings (SSSR count). The molecule has 0 aliphatic carbocycles. The van der Waals surface area contributed by atoms with Gasteiger partial charge in [-0.2, -0.15) is 0 Å². The van der Waals surface area contributed by atoms with Crippen LogP contribution < -0.4 is 16.2 Å². The Morgan fingerprint density at radius 3 is 3.00 bits per heavy atom. The number of nitrogens with one attached hydrogen (secondary N) is 3. The number of hydrogen-bond donors (Lipinski definition) is 3. The summed E-state index contributed by atoms with van der Waals surface area (Å²) in [6, 6.07) is 9.95. The van der Waals surface area contributed by atoms with Gasteiger partial charge in [-0.25, -0.2) is 9.50 Å². The fourth-order valence-corrected chi connectivity index (χ4v) is 3.99. The van der Waals surface area contributed by atoms with Crippen molar-refractivity contribution in [1.82, 2.24) is 25.2 Å². The normalized spacial score (nSPS) is 17.2. The Morgan fingerprint density at radius 2 is 2.18 bits per heavy atom. The van der Waals surface area contributed by atoms with Crippen LogP contribution in [-0.2, 0) is 19.4 Å². The fraction of sp³-hybridized carbons (Fsp3) is 0.429. The van der Waals surface area contributed by atoms with E-state index in [1.54, 1.807) is 6.07 Å². The summed E-state index contributed by atoms with van der Waals surface area (Å²) in [5.41, 5.74) is 3.59. The van der Waals surface area contributed by atoms with Gasteiger partial charge in [-0.05, 0) is 49.9 Å². The standard InChI is InChI=1S/C21H26ClN5O/c22-17-5-3-4-15(10-17)7-8-18-11-20(28)27-21(26-18)16(13-25-27)12-23-14-19-6-1-2-9-24-19/h3-5,10-11,13,19,23-25H,1-2,6-9,12,14H2. The van der Waals surface area contributed by atoms with Crippen LogP contribution in [0.3, 0.4) is 0 Å². The zero-order valence-electron chi connectivity index (χ0n) is 15.9. The molecular weight excluding hydrogens is 374 g/mol. The maximum Gasteiger partial charge on any atom is 0.272 e. The third-order valence-electron chi connectivity index (χ3n) is 5.30. The van der Waals surface area contributed by atoms with Crippen LogP contribution in [-0.4, -0.2) is 33.7 Å². The molecule has 1 aliphatic rings. The molecule has 1 atom stereocenters. The summed E-state index contributed by atoms with van der Waals surface area (Å²) < 4.78 is 1.51. The third kappa shape index (κ3) is 4.63. The molecule has 3 heterocycles.